The van der Waals surface area contributed by atoms with Crippen molar-refractivity contribution >= 4 is 34.6 Å². The van der Waals surface area contributed by atoms with Crippen molar-refractivity contribution in [1.82, 2.24) is 0 Å². The van der Waals surface area contributed by atoms with Crippen molar-refractivity contribution in [3.8, 4) is 17.2 Å². The van der Waals surface area contributed by atoms with E-state index in [0.717, 1.165) is 11.4 Å². The maximum absolute atomic E-state index is 12.4. The van der Waals surface area contributed by atoms with Crippen molar-refractivity contribution in [2.45, 2.75) is 0 Å². The lowest BCUT2D eigenvalue weighted by Gasteiger charge is -2.10. The molecule has 2 N–H and O–H groups in total. The van der Waals surface area contributed by atoms with Crippen LogP contribution in [0, 0.1) is 0 Å². The first-order valence-corrected chi connectivity index (χ1v) is 8.92. The van der Waals surface area contributed by atoms with Crippen LogP contribution in [0.3, 0.4) is 0 Å². The molecular formula is C21H17ClN2O4. The van der Waals surface area contributed by atoms with Crippen LogP contribution in [-0.4, -0.2) is 19.8 Å². The Morgan fingerprint density at radius 3 is 2.39 bits per heavy atom. The zero-order valence-corrected chi connectivity index (χ0v) is 15.7. The Kier molecular flexibility index (Phi) is 4.95. The summed E-state index contributed by atoms with van der Waals surface area (Å²) in [6.07, 6.45) is 0. The maximum atomic E-state index is 12.4. The lowest BCUT2D eigenvalue weighted by Crippen LogP contribution is -2.11. The van der Waals surface area contributed by atoms with Gasteiger partial charge in [0.05, 0.1) is 12.1 Å². The van der Waals surface area contributed by atoms with Gasteiger partial charge in [-0.25, -0.2) is 0 Å². The number of benzene rings is 3. The standard InChI is InChI=1S/C21H17ClN2O4/c1-26-18-9-7-16(11-17(18)22)23-14-3-5-15(6-4-14)24-21(25)13-2-8-19-20(10-13)28-12-27-19/h2-11,23H,12H2,1H3,(H,24,25). The Hall–Kier alpha value is -3.38. The summed E-state index contributed by atoms with van der Waals surface area (Å²) in [6.45, 7) is 0.175. The summed E-state index contributed by atoms with van der Waals surface area (Å²) >= 11 is 6.14. The average Bonchev–Trinajstić information content (AvgIpc) is 3.17. The van der Waals surface area contributed by atoms with Crippen molar-refractivity contribution in [1.29, 1.82) is 0 Å². The number of halogens is 1. The van der Waals surface area contributed by atoms with E-state index in [1.165, 1.54) is 0 Å². The van der Waals surface area contributed by atoms with Gasteiger partial charge in [-0.1, -0.05) is 11.6 Å². The summed E-state index contributed by atoms with van der Waals surface area (Å²) < 4.78 is 15.7. The van der Waals surface area contributed by atoms with Crippen LogP contribution in [0.1, 0.15) is 10.4 Å². The molecule has 0 saturated carbocycles. The number of carbonyl (C=O) groups excluding carboxylic acids is 1. The third-order valence-corrected chi connectivity index (χ3v) is 4.51. The molecule has 1 aliphatic rings. The first-order valence-electron chi connectivity index (χ1n) is 8.54. The van der Waals surface area contributed by atoms with Gasteiger partial charge < -0.3 is 24.8 Å². The van der Waals surface area contributed by atoms with Gasteiger partial charge in [0.2, 0.25) is 6.79 Å². The number of hydrogen-bond acceptors (Lipinski definition) is 5. The third kappa shape index (κ3) is 3.82. The normalized spacial score (nSPS) is 11.8. The summed E-state index contributed by atoms with van der Waals surface area (Å²) in [5.74, 6) is 1.62. The Morgan fingerprint density at radius 1 is 0.929 bits per heavy atom. The molecule has 0 saturated heterocycles. The van der Waals surface area contributed by atoms with Crippen LogP contribution in [0.15, 0.2) is 60.7 Å². The zero-order chi connectivity index (χ0) is 19.5. The van der Waals surface area contributed by atoms with Gasteiger partial charge in [-0.15, -0.1) is 0 Å². The van der Waals surface area contributed by atoms with Crippen molar-refractivity contribution in [2.75, 3.05) is 24.5 Å². The third-order valence-electron chi connectivity index (χ3n) is 4.22. The second-order valence-corrected chi connectivity index (χ2v) is 6.48. The zero-order valence-electron chi connectivity index (χ0n) is 15.0. The van der Waals surface area contributed by atoms with E-state index in [4.69, 9.17) is 25.8 Å². The molecule has 3 aromatic rings. The number of fused-ring (bicyclic) bond motifs is 1. The summed E-state index contributed by atoms with van der Waals surface area (Å²) in [7, 11) is 1.57. The van der Waals surface area contributed by atoms with E-state index in [1.807, 2.05) is 30.3 Å². The monoisotopic (exact) mass is 396 g/mol. The fraction of sp³-hybridized carbons (Fsp3) is 0.0952. The van der Waals surface area contributed by atoms with Crippen molar-refractivity contribution in [3.63, 3.8) is 0 Å². The van der Waals surface area contributed by atoms with Gasteiger partial charge in [0.1, 0.15) is 5.75 Å². The van der Waals surface area contributed by atoms with E-state index < -0.39 is 0 Å². The predicted octanol–water partition coefficient (Wildman–Crippen LogP) is 5.07. The van der Waals surface area contributed by atoms with Crippen molar-refractivity contribution in [2.24, 2.45) is 0 Å². The highest BCUT2D eigenvalue weighted by atomic mass is 35.5. The maximum Gasteiger partial charge on any atom is 0.255 e. The quantitative estimate of drug-likeness (QED) is 0.630. The smallest absolute Gasteiger partial charge is 0.255 e. The lowest BCUT2D eigenvalue weighted by atomic mass is 10.2. The minimum atomic E-state index is -0.221. The van der Waals surface area contributed by atoms with Gasteiger partial charge in [0.15, 0.2) is 11.5 Å². The molecule has 0 spiro atoms. The molecule has 142 valence electrons. The number of ether oxygens (including phenoxy) is 3. The van der Waals surface area contributed by atoms with Gasteiger partial charge in [-0.2, -0.15) is 0 Å². The van der Waals surface area contributed by atoms with Crippen LogP contribution in [-0.2, 0) is 0 Å². The number of hydrogen-bond donors (Lipinski definition) is 2. The summed E-state index contributed by atoms with van der Waals surface area (Å²) in [5, 5.41) is 6.65. The molecule has 6 nitrogen and oxygen atoms in total. The van der Waals surface area contributed by atoms with Gasteiger partial charge in [0, 0.05) is 22.6 Å². The Bertz CT molecular complexity index is 1020. The van der Waals surface area contributed by atoms with Crippen LogP contribution >= 0.6 is 11.6 Å². The highest BCUT2D eigenvalue weighted by Crippen LogP contribution is 2.33. The number of methoxy groups -OCH3 is 1. The van der Waals surface area contributed by atoms with Gasteiger partial charge in [-0.3, -0.25) is 4.79 Å². The first kappa shape index (κ1) is 18.0. The summed E-state index contributed by atoms with van der Waals surface area (Å²) in [6, 6.07) is 17.9. The van der Waals surface area contributed by atoms with Crippen LogP contribution in [0.25, 0.3) is 0 Å². The minimum absolute atomic E-state index is 0.175. The SMILES string of the molecule is COc1ccc(Nc2ccc(NC(=O)c3ccc4c(c3)OCO4)cc2)cc1Cl. The van der Waals surface area contributed by atoms with E-state index in [1.54, 1.807) is 37.4 Å². The fourth-order valence-electron chi connectivity index (χ4n) is 2.79. The van der Waals surface area contributed by atoms with Crippen LogP contribution in [0.5, 0.6) is 17.2 Å². The largest absolute Gasteiger partial charge is 0.495 e. The molecule has 0 bridgehead atoms. The Balaban J connectivity index is 1.42. The molecule has 0 atom stereocenters. The number of anilines is 3. The fourth-order valence-corrected chi connectivity index (χ4v) is 3.05. The molecular weight excluding hydrogens is 380 g/mol. The second-order valence-electron chi connectivity index (χ2n) is 6.07. The van der Waals surface area contributed by atoms with Crippen molar-refractivity contribution in [3.05, 3.63) is 71.2 Å². The Labute approximate surface area is 167 Å². The minimum Gasteiger partial charge on any atom is -0.495 e. The predicted molar refractivity (Wildman–Crippen MR) is 108 cm³/mol. The van der Waals surface area contributed by atoms with E-state index in [-0.39, 0.29) is 12.7 Å². The van der Waals surface area contributed by atoms with E-state index in [0.29, 0.717) is 33.5 Å². The average molecular weight is 397 g/mol. The van der Waals surface area contributed by atoms with Crippen LogP contribution < -0.4 is 24.8 Å². The van der Waals surface area contributed by atoms with Crippen molar-refractivity contribution < 1.29 is 19.0 Å². The molecule has 1 heterocycles. The molecule has 0 aromatic heterocycles. The molecule has 0 fully saturated rings. The molecule has 0 aliphatic carbocycles. The number of carbonyl (C=O) groups is 1. The number of nitrogens with one attached hydrogen (secondary N) is 2. The van der Waals surface area contributed by atoms with E-state index in [9.17, 15) is 4.79 Å². The molecule has 4 rings (SSSR count). The molecule has 28 heavy (non-hydrogen) atoms. The van der Waals surface area contributed by atoms with E-state index in [2.05, 4.69) is 10.6 Å². The lowest BCUT2D eigenvalue weighted by molar-refractivity contribution is 0.102. The topological polar surface area (TPSA) is 68.8 Å². The molecule has 1 aliphatic heterocycles. The van der Waals surface area contributed by atoms with E-state index >= 15 is 0 Å². The first-order chi connectivity index (χ1) is 13.6. The van der Waals surface area contributed by atoms with Gasteiger partial charge in [0.25, 0.3) is 5.91 Å². The van der Waals surface area contributed by atoms with Gasteiger partial charge >= 0.3 is 0 Å². The highest BCUT2D eigenvalue weighted by molar-refractivity contribution is 6.32. The van der Waals surface area contributed by atoms with Gasteiger partial charge in [-0.05, 0) is 60.7 Å². The van der Waals surface area contributed by atoms with Crippen LogP contribution in [0.4, 0.5) is 17.1 Å². The number of rotatable bonds is 5. The van der Waals surface area contributed by atoms with Crippen LogP contribution in [0.2, 0.25) is 5.02 Å². The number of amides is 1. The second kappa shape index (κ2) is 7.70. The summed E-state index contributed by atoms with van der Waals surface area (Å²) in [4.78, 5) is 12.4. The Morgan fingerprint density at radius 2 is 1.64 bits per heavy atom. The summed E-state index contributed by atoms with van der Waals surface area (Å²) in [5.41, 5.74) is 2.88. The molecule has 0 radical (unpaired) electrons. The molecule has 0 unspecified atom stereocenters. The molecule has 7 heteroatoms. The molecule has 1 amide bonds. The highest BCUT2D eigenvalue weighted by Gasteiger charge is 2.16. The molecule has 3 aromatic carbocycles.